The van der Waals surface area contributed by atoms with Gasteiger partial charge in [0.05, 0.1) is 43.2 Å². The second-order valence-corrected chi connectivity index (χ2v) is 7.70. The molecule has 1 aliphatic rings. The molecule has 0 aromatic heterocycles. The molecule has 1 aliphatic heterocycles. The minimum atomic E-state index is -0.432. The lowest BCUT2D eigenvalue weighted by Crippen LogP contribution is -2.43. The van der Waals surface area contributed by atoms with Gasteiger partial charge in [0.2, 0.25) is 11.8 Å². The van der Waals surface area contributed by atoms with E-state index in [4.69, 9.17) is 32.7 Å². The number of halogens is 2. The van der Waals surface area contributed by atoms with Crippen molar-refractivity contribution >= 4 is 46.4 Å². The Balaban J connectivity index is 1.65. The number of carbonyl (C=O) groups excluding carboxylic acids is 2. The fourth-order valence-corrected chi connectivity index (χ4v) is 3.74. The van der Waals surface area contributed by atoms with Gasteiger partial charge in [0.1, 0.15) is 11.5 Å². The first-order chi connectivity index (χ1) is 14.4. The first-order valence-electron chi connectivity index (χ1n) is 9.43. The number of likely N-dealkylation sites (tertiary alicyclic amines) is 1. The zero-order chi connectivity index (χ0) is 21.7. The molecular formula is C21H23Cl2N3O4. The van der Waals surface area contributed by atoms with E-state index in [9.17, 15) is 9.59 Å². The van der Waals surface area contributed by atoms with Gasteiger partial charge in [-0.05, 0) is 49.7 Å². The number of benzene rings is 2. The number of rotatable bonds is 7. The van der Waals surface area contributed by atoms with Crippen molar-refractivity contribution in [3.05, 3.63) is 46.4 Å². The fraction of sp³-hybridized carbons (Fsp3) is 0.333. The molecule has 0 spiro atoms. The van der Waals surface area contributed by atoms with Crippen LogP contribution in [0.3, 0.4) is 0 Å². The highest BCUT2D eigenvalue weighted by Gasteiger charge is 2.32. The van der Waals surface area contributed by atoms with E-state index in [2.05, 4.69) is 10.6 Å². The highest BCUT2D eigenvalue weighted by molar-refractivity contribution is 6.35. The Morgan fingerprint density at radius 1 is 1.07 bits per heavy atom. The molecule has 2 amide bonds. The number of nitrogens with zero attached hydrogens (tertiary/aromatic N) is 1. The molecule has 1 unspecified atom stereocenters. The summed E-state index contributed by atoms with van der Waals surface area (Å²) >= 11 is 12.1. The van der Waals surface area contributed by atoms with Gasteiger partial charge in [-0.1, -0.05) is 23.2 Å². The van der Waals surface area contributed by atoms with Crippen LogP contribution in [0, 0.1) is 0 Å². The Morgan fingerprint density at radius 2 is 1.87 bits per heavy atom. The standard InChI is InChI=1S/C21H23Cl2N3O4/c1-29-14-6-8-19(30-2)17(11-14)24-20(27)12-26-9-3-4-18(26)21(28)25-16-10-13(22)5-7-15(16)23/h5-8,10-11,18H,3-4,9,12H2,1-2H3,(H,24,27)(H,25,28). The van der Waals surface area contributed by atoms with E-state index in [0.29, 0.717) is 45.9 Å². The Morgan fingerprint density at radius 3 is 2.60 bits per heavy atom. The van der Waals surface area contributed by atoms with Gasteiger partial charge in [0.15, 0.2) is 0 Å². The maximum absolute atomic E-state index is 12.8. The lowest BCUT2D eigenvalue weighted by Gasteiger charge is -2.23. The molecule has 9 heteroatoms. The second-order valence-electron chi connectivity index (χ2n) is 6.86. The number of ether oxygens (including phenoxy) is 2. The van der Waals surface area contributed by atoms with Crippen LogP contribution in [0.25, 0.3) is 0 Å². The van der Waals surface area contributed by atoms with Crippen molar-refractivity contribution in [3.8, 4) is 11.5 Å². The Hall–Kier alpha value is -2.48. The molecule has 1 atom stereocenters. The van der Waals surface area contributed by atoms with E-state index in [0.717, 1.165) is 6.42 Å². The van der Waals surface area contributed by atoms with Gasteiger partial charge in [0.25, 0.3) is 0 Å². The van der Waals surface area contributed by atoms with Crippen molar-refractivity contribution in [3.63, 3.8) is 0 Å². The monoisotopic (exact) mass is 451 g/mol. The molecule has 1 heterocycles. The van der Waals surface area contributed by atoms with Crippen molar-refractivity contribution in [1.29, 1.82) is 0 Å². The van der Waals surface area contributed by atoms with Crippen LogP contribution in [0.2, 0.25) is 10.0 Å². The summed E-state index contributed by atoms with van der Waals surface area (Å²) in [5.41, 5.74) is 0.958. The first kappa shape index (κ1) is 22.2. The minimum absolute atomic E-state index is 0.0712. The predicted octanol–water partition coefficient (Wildman–Crippen LogP) is 4.05. The summed E-state index contributed by atoms with van der Waals surface area (Å²) in [6, 6.07) is 9.60. The normalized spacial score (nSPS) is 16.2. The van der Waals surface area contributed by atoms with Crippen LogP contribution in [0.15, 0.2) is 36.4 Å². The Bertz CT molecular complexity index is 938. The largest absolute Gasteiger partial charge is 0.497 e. The SMILES string of the molecule is COc1ccc(OC)c(NC(=O)CN2CCCC2C(=O)Nc2cc(Cl)ccc2Cl)c1. The third kappa shape index (κ3) is 5.36. The number of hydrogen-bond acceptors (Lipinski definition) is 5. The molecule has 160 valence electrons. The van der Waals surface area contributed by atoms with Gasteiger partial charge in [-0.3, -0.25) is 14.5 Å². The van der Waals surface area contributed by atoms with Crippen LogP contribution < -0.4 is 20.1 Å². The predicted molar refractivity (Wildman–Crippen MR) is 118 cm³/mol. The number of hydrogen-bond donors (Lipinski definition) is 2. The molecule has 0 bridgehead atoms. The maximum Gasteiger partial charge on any atom is 0.241 e. The van der Waals surface area contributed by atoms with Crippen molar-refractivity contribution in [2.75, 3.05) is 37.9 Å². The fourth-order valence-electron chi connectivity index (χ4n) is 3.41. The number of nitrogens with one attached hydrogen (secondary N) is 2. The summed E-state index contributed by atoms with van der Waals surface area (Å²) in [6.07, 6.45) is 1.47. The quantitative estimate of drug-likeness (QED) is 0.663. The molecule has 1 fully saturated rings. The first-order valence-corrected chi connectivity index (χ1v) is 10.2. The average molecular weight is 452 g/mol. The summed E-state index contributed by atoms with van der Waals surface area (Å²) in [7, 11) is 3.08. The second kappa shape index (κ2) is 10.0. The van der Waals surface area contributed by atoms with Crippen LogP contribution in [-0.2, 0) is 9.59 Å². The summed E-state index contributed by atoms with van der Waals surface area (Å²) < 4.78 is 10.5. The topological polar surface area (TPSA) is 79.9 Å². The molecule has 3 rings (SSSR count). The van der Waals surface area contributed by atoms with Gasteiger partial charge in [0, 0.05) is 11.1 Å². The van der Waals surface area contributed by atoms with Crippen molar-refractivity contribution in [2.24, 2.45) is 0 Å². The van der Waals surface area contributed by atoms with Crippen LogP contribution in [0.4, 0.5) is 11.4 Å². The van der Waals surface area contributed by atoms with Gasteiger partial charge in [-0.25, -0.2) is 0 Å². The summed E-state index contributed by atoms with van der Waals surface area (Å²) in [5.74, 6) is 0.656. The lowest BCUT2D eigenvalue weighted by atomic mass is 10.2. The molecule has 0 radical (unpaired) electrons. The number of amides is 2. The van der Waals surface area contributed by atoms with Gasteiger partial charge in [-0.2, -0.15) is 0 Å². The molecule has 2 N–H and O–H groups in total. The van der Waals surface area contributed by atoms with Crippen molar-refractivity contribution < 1.29 is 19.1 Å². The summed E-state index contributed by atoms with van der Waals surface area (Å²) in [6.45, 7) is 0.714. The zero-order valence-corrected chi connectivity index (χ0v) is 18.2. The van der Waals surface area contributed by atoms with E-state index in [1.807, 2.05) is 4.90 Å². The number of carbonyl (C=O) groups is 2. The van der Waals surface area contributed by atoms with E-state index in [1.54, 1.807) is 43.5 Å². The summed E-state index contributed by atoms with van der Waals surface area (Å²) in [4.78, 5) is 27.3. The van der Waals surface area contributed by atoms with Crippen LogP contribution in [0.5, 0.6) is 11.5 Å². The van der Waals surface area contributed by atoms with E-state index in [-0.39, 0.29) is 18.4 Å². The molecule has 2 aromatic rings. The minimum Gasteiger partial charge on any atom is -0.497 e. The smallest absolute Gasteiger partial charge is 0.241 e. The van der Waals surface area contributed by atoms with Gasteiger partial charge >= 0.3 is 0 Å². The molecule has 30 heavy (non-hydrogen) atoms. The van der Waals surface area contributed by atoms with E-state index >= 15 is 0 Å². The van der Waals surface area contributed by atoms with E-state index in [1.165, 1.54) is 7.11 Å². The van der Waals surface area contributed by atoms with Crippen molar-refractivity contribution in [1.82, 2.24) is 4.90 Å². The lowest BCUT2D eigenvalue weighted by molar-refractivity contribution is -0.122. The highest BCUT2D eigenvalue weighted by atomic mass is 35.5. The van der Waals surface area contributed by atoms with Gasteiger partial charge in [-0.15, -0.1) is 0 Å². The Kier molecular flexibility index (Phi) is 7.42. The Labute approximate surface area is 185 Å². The maximum atomic E-state index is 12.8. The molecule has 0 aliphatic carbocycles. The zero-order valence-electron chi connectivity index (χ0n) is 16.7. The van der Waals surface area contributed by atoms with Crippen LogP contribution in [0.1, 0.15) is 12.8 Å². The number of anilines is 2. The van der Waals surface area contributed by atoms with Crippen LogP contribution >= 0.6 is 23.2 Å². The molecule has 1 saturated heterocycles. The molecule has 7 nitrogen and oxygen atoms in total. The third-order valence-corrected chi connectivity index (χ3v) is 5.44. The summed E-state index contributed by atoms with van der Waals surface area (Å²) in [5, 5.41) is 6.53. The van der Waals surface area contributed by atoms with E-state index < -0.39 is 6.04 Å². The molecule has 0 saturated carbocycles. The highest BCUT2D eigenvalue weighted by Crippen LogP contribution is 2.30. The van der Waals surface area contributed by atoms with Gasteiger partial charge < -0.3 is 20.1 Å². The number of methoxy groups -OCH3 is 2. The molecular weight excluding hydrogens is 429 g/mol. The third-order valence-electron chi connectivity index (χ3n) is 4.88. The molecule has 2 aromatic carbocycles. The van der Waals surface area contributed by atoms with Crippen LogP contribution in [-0.4, -0.2) is 50.1 Å². The average Bonchev–Trinajstić information content (AvgIpc) is 3.18. The van der Waals surface area contributed by atoms with Crippen molar-refractivity contribution in [2.45, 2.75) is 18.9 Å².